The van der Waals surface area contributed by atoms with E-state index in [0.29, 0.717) is 40.2 Å². The van der Waals surface area contributed by atoms with E-state index in [2.05, 4.69) is 0 Å². The number of halogens is 1. The molecule has 1 saturated heterocycles. The highest BCUT2D eigenvalue weighted by Gasteiger charge is 2.48. The van der Waals surface area contributed by atoms with Gasteiger partial charge in [-0.2, -0.15) is 0 Å². The lowest BCUT2D eigenvalue weighted by molar-refractivity contribution is -0.132. The zero-order valence-electron chi connectivity index (χ0n) is 20.4. The molecule has 3 aromatic rings. The highest BCUT2D eigenvalue weighted by molar-refractivity contribution is 6.51. The molecule has 1 atom stereocenters. The molecule has 1 unspecified atom stereocenters. The number of benzene rings is 2. The molecule has 0 saturated carbocycles. The van der Waals surface area contributed by atoms with Crippen molar-refractivity contribution in [1.29, 1.82) is 0 Å². The summed E-state index contributed by atoms with van der Waals surface area (Å²) in [5, 5.41) is 11.9. The Hall–Kier alpha value is -3.51. The van der Waals surface area contributed by atoms with Crippen molar-refractivity contribution in [2.24, 2.45) is 0 Å². The molecule has 7 heteroatoms. The van der Waals surface area contributed by atoms with E-state index in [4.69, 9.17) is 20.8 Å². The molecule has 4 rings (SSSR count). The third kappa shape index (κ3) is 4.58. The molecule has 1 fully saturated rings. The summed E-state index contributed by atoms with van der Waals surface area (Å²) >= 11 is 6.04. The minimum absolute atomic E-state index is 0.0386. The number of aryl methyl sites for hydroxylation is 1. The number of aliphatic hydroxyl groups excluding tert-OH is 1. The molecule has 0 radical (unpaired) electrons. The average Bonchev–Trinajstić information content (AvgIpc) is 3.34. The van der Waals surface area contributed by atoms with Gasteiger partial charge in [0.25, 0.3) is 11.7 Å². The van der Waals surface area contributed by atoms with Crippen LogP contribution < -0.4 is 9.64 Å². The Morgan fingerprint density at radius 3 is 2.34 bits per heavy atom. The van der Waals surface area contributed by atoms with Crippen molar-refractivity contribution < 1.29 is 23.8 Å². The first-order valence-corrected chi connectivity index (χ1v) is 11.8. The lowest BCUT2D eigenvalue weighted by Gasteiger charge is -2.25. The van der Waals surface area contributed by atoms with Gasteiger partial charge in [-0.05, 0) is 73.9 Å². The molecule has 0 bridgehead atoms. The Morgan fingerprint density at radius 2 is 1.77 bits per heavy atom. The number of rotatable bonds is 5. The van der Waals surface area contributed by atoms with E-state index in [1.165, 1.54) is 4.90 Å². The third-order valence-corrected chi connectivity index (χ3v) is 6.19. The van der Waals surface area contributed by atoms with Crippen LogP contribution in [0.5, 0.6) is 5.75 Å². The van der Waals surface area contributed by atoms with Gasteiger partial charge >= 0.3 is 0 Å². The molecule has 1 N–H and O–H groups in total. The summed E-state index contributed by atoms with van der Waals surface area (Å²) < 4.78 is 11.6. The molecular weight excluding hydrogens is 466 g/mol. The predicted molar refractivity (Wildman–Crippen MR) is 136 cm³/mol. The first kappa shape index (κ1) is 24.6. The molecule has 35 heavy (non-hydrogen) atoms. The fourth-order valence-electron chi connectivity index (χ4n) is 4.27. The lowest BCUT2D eigenvalue weighted by Crippen LogP contribution is -2.29. The number of Topliss-reactive ketones (excluding diaryl/α,β-unsaturated/α-hetero) is 1. The quantitative estimate of drug-likeness (QED) is 0.247. The van der Waals surface area contributed by atoms with Crippen LogP contribution in [0.15, 0.2) is 64.6 Å². The zero-order chi connectivity index (χ0) is 25.5. The van der Waals surface area contributed by atoms with Crippen molar-refractivity contribution in [2.45, 2.75) is 46.1 Å². The van der Waals surface area contributed by atoms with Crippen LogP contribution >= 0.6 is 11.6 Å². The van der Waals surface area contributed by atoms with Gasteiger partial charge in [0.2, 0.25) is 0 Å². The maximum atomic E-state index is 13.3. The second kappa shape index (κ2) is 9.27. The largest absolute Gasteiger partial charge is 0.507 e. The fraction of sp³-hybridized carbons (Fsp3) is 0.286. The molecule has 2 aromatic carbocycles. The second-order valence-electron chi connectivity index (χ2n) is 9.49. The van der Waals surface area contributed by atoms with Crippen molar-refractivity contribution in [2.75, 3.05) is 11.5 Å². The zero-order valence-corrected chi connectivity index (χ0v) is 21.1. The van der Waals surface area contributed by atoms with E-state index < -0.39 is 17.7 Å². The minimum atomic E-state index is -0.936. The smallest absolute Gasteiger partial charge is 0.300 e. The summed E-state index contributed by atoms with van der Waals surface area (Å²) in [7, 11) is 0. The standard InChI is InChI=1S/C28H28ClNO5/c1-6-34-21-14-8-17(15-20(21)28(3,4)5)25(31)23-24(22-13-7-16(2)35-22)30(27(33)26(23)32)19-11-9-18(29)10-12-19/h7-15,24,31H,6H2,1-5H3/b25-23-. The first-order chi connectivity index (χ1) is 16.5. The van der Waals surface area contributed by atoms with Gasteiger partial charge in [0.1, 0.15) is 29.1 Å². The number of hydrogen-bond acceptors (Lipinski definition) is 5. The molecule has 0 spiro atoms. The van der Waals surface area contributed by atoms with Gasteiger partial charge in [0.05, 0.1) is 12.2 Å². The van der Waals surface area contributed by atoms with Gasteiger partial charge in [-0.3, -0.25) is 14.5 Å². The average molecular weight is 494 g/mol. The van der Waals surface area contributed by atoms with Crippen molar-refractivity contribution in [1.82, 2.24) is 0 Å². The fourth-order valence-corrected chi connectivity index (χ4v) is 4.40. The Morgan fingerprint density at radius 1 is 1.09 bits per heavy atom. The number of hydrogen-bond donors (Lipinski definition) is 1. The Labute approximate surface area is 209 Å². The van der Waals surface area contributed by atoms with Crippen LogP contribution in [0, 0.1) is 6.92 Å². The molecule has 6 nitrogen and oxygen atoms in total. The van der Waals surface area contributed by atoms with Crippen molar-refractivity contribution in [3.63, 3.8) is 0 Å². The number of amides is 1. The number of nitrogens with zero attached hydrogens (tertiary/aromatic N) is 1. The van der Waals surface area contributed by atoms with Crippen LogP contribution in [-0.4, -0.2) is 23.4 Å². The summed E-state index contributed by atoms with van der Waals surface area (Å²) in [4.78, 5) is 27.9. The summed E-state index contributed by atoms with van der Waals surface area (Å²) in [6.07, 6.45) is 0. The monoisotopic (exact) mass is 493 g/mol. The van der Waals surface area contributed by atoms with Crippen molar-refractivity contribution >= 4 is 34.7 Å². The van der Waals surface area contributed by atoms with E-state index in [9.17, 15) is 14.7 Å². The Balaban J connectivity index is 1.92. The van der Waals surface area contributed by atoms with Crippen molar-refractivity contribution in [3.05, 3.63) is 87.8 Å². The summed E-state index contributed by atoms with van der Waals surface area (Å²) in [6.45, 7) is 10.3. The van der Waals surface area contributed by atoms with E-state index in [-0.39, 0.29) is 16.7 Å². The van der Waals surface area contributed by atoms with Gasteiger partial charge in [-0.15, -0.1) is 0 Å². The van der Waals surface area contributed by atoms with Crippen LogP contribution in [0.25, 0.3) is 5.76 Å². The molecular formula is C28H28ClNO5. The van der Waals surface area contributed by atoms with Gasteiger partial charge < -0.3 is 14.3 Å². The van der Waals surface area contributed by atoms with Crippen LogP contribution in [0.4, 0.5) is 5.69 Å². The number of aliphatic hydroxyl groups is 1. The van der Waals surface area contributed by atoms with E-state index in [0.717, 1.165) is 5.56 Å². The summed E-state index contributed by atoms with van der Waals surface area (Å²) in [5.74, 6) is -0.112. The van der Waals surface area contributed by atoms with E-state index >= 15 is 0 Å². The number of ketones is 1. The molecule has 1 aliphatic heterocycles. The summed E-state index contributed by atoms with van der Waals surface area (Å²) in [5.41, 5.74) is 1.44. The van der Waals surface area contributed by atoms with Gasteiger partial charge in [-0.1, -0.05) is 32.4 Å². The van der Waals surface area contributed by atoms with Gasteiger partial charge in [0, 0.05) is 21.8 Å². The lowest BCUT2D eigenvalue weighted by atomic mass is 9.84. The maximum absolute atomic E-state index is 13.3. The SMILES string of the molecule is CCOc1ccc(/C(O)=C2/C(=O)C(=O)N(c3ccc(Cl)cc3)C2c2ccc(C)o2)cc1C(C)(C)C. The minimum Gasteiger partial charge on any atom is -0.507 e. The highest BCUT2D eigenvalue weighted by atomic mass is 35.5. The van der Waals surface area contributed by atoms with Gasteiger partial charge in [0.15, 0.2) is 0 Å². The highest BCUT2D eigenvalue weighted by Crippen LogP contribution is 2.43. The van der Waals surface area contributed by atoms with Gasteiger partial charge in [-0.25, -0.2) is 0 Å². The van der Waals surface area contributed by atoms with E-state index in [1.54, 1.807) is 61.5 Å². The number of ether oxygens (including phenoxy) is 1. The van der Waals surface area contributed by atoms with Crippen LogP contribution in [0.1, 0.15) is 56.4 Å². The molecule has 0 aliphatic carbocycles. The first-order valence-electron chi connectivity index (χ1n) is 11.4. The molecule has 182 valence electrons. The van der Waals surface area contributed by atoms with Crippen LogP contribution in [0.2, 0.25) is 5.02 Å². The third-order valence-electron chi connectivity index (χ3n) is 5.94. The predicted octanol–water partition coefficient (Wildman–Crippen LogP) is 6.56. The molecule has 1 aromatic heterocycles. The number of carbonyl (C=O) groups excluding carboxylic acids is 2. The topological polar surface area (TPSA) is 80.0 Å². The van der Waals surface area contributed by atoms with E-state index in [1.807, 2.05) is 27.7 Å². The molecule has 1 aliphatic rings. The Kier molecular flexibility index (Phi) is 6.52. The molecule has 1 amide bonds. The number of anilines is 1. The molecule has 2 heterocycles. The Bertz CT molecular complexity index is 1310. The normalized spacial score (nSPS) is 17.8. The maximum Gasteiger partial charge on any atom is 0.300 e. The van der Waals surface area contributed by atoms with Crippen LogP contribution in [0.3, 0.4) is 0 Å². The summed E-state index contributed by atoms with van der Waals surface area (Å²) in [6, 6.07) is 14.4. The number of furan rings is 1. The number of carbonyl (C=O) groups is 2. The van der Waals surface area contributed by atoms with Crippen LogP contribution in [-0.2, 0) is 15.0 Å². The van der Waals surface area contributed by atoms with Crippen molar-refractivity contribution in [3.8, 4) is 5.75 Å². The second-order valence-corrected chi connectivity index (χ2v) is 9.92.